The monoisotopic (exact) mass is 144 g/mol. The third-order valence-corrected chi connectivity index (χ3v) is 2.15. The first-order chi connectivity index (χ1) is 4.75. The van der Waals surface area contributed by atoms with E-state index < -0.39 is 0 Å². The van der Waals surface area contributed by atoms with Gasteiger partial charge in [-0.15, -0.1) is 0 Å². The lowest BCUT2D eigenvalue weighted by atomic mass is 10.1. The maximum Gasteiger partial charge on any atom is 0.0635 e. The molecule has 0 aromatic carbocycles. The van der Waals surface area contributed by atoms with Crippen molar-refractivity contribution in [3.8, 4) is 0 Å². The molecular weight excluding hydrogens is 128 g/mol. The third-order valence-electron chi connectivity index (χ3n) is 2.15. The minimum atomic E-state index is 0.546. The van der Waals surface area contributed by atoms with Crippen molar-refractivity contribution >= 4 is 0 Å². The number of rotatable bonds is 2. The van der Waals surface area contributed by atoms with Gasteiger partial charge in [-0.3, -0.25) is 5.43 Å². The lowest BCUT2D eigenvalue weighted by Crippen LogP contribution is -2.37. The van der Waals surface area contributed by atoms with Gasteiger partial charge in [0, 0.05) is 20.7 Å². The van der Waals surface area contributed by atoms with E-state index in [1.54, 1.807) is 7.11 Å². The second kappa shape index (κ2) is 3.32. The van der Waals surface area contributed by atoms with Gasteiger partial charge in [-0.2, -0.15) is 0 Å². The second-order valence-corrected chi connectivity index (χ2v) is 2.97. The number of nitrogens with one attached hydrogen (secondary N) is 1. The molecule has 3 heteroatoms. The van der Waals surface area contributed by atoms with Crippen LogP contribution < -0.4 is 5.43 Å². The number of ether oxygens (including phenoxy) is 1. The van der Waals surface area contributed by atoms with E-state index in [1.807, 2.05) is 0 Å². The van der Waals surface area contributed by atoms with E-state index in [0.29, 0.717) is 12.0 Å². The fourth-order valence-corrected chi connectivity index (χ4v) is 1.37. The highest BCUT2D eigenvalue weighted by Gasteiger charge is 2.27. The van der Waals surface area contributed by atoms with E-state index in [2.05, 4.69) is 24.4 Å². The molecule has 1 rings (SSSR count). The Morgan fingerprint density at radius 3 is 2.80 bits per heavy atom. The Bertz CT molecular complexity index is 97.8. The van der Waals surface area contributed by atoms with Crippen LogP contribution in [0.1, 0.15) is 6.92 Å². The maximum absolute atomic E-state index is 5.08. The van der Waals surface area contributed by atoms with Crippen LogP contribution in [-0.2, 0) is 4.74 Å². The second-order valence-electron chi connectivity index (χ2n) is 2.97. The molecule has 0 amide bonds. The molecule has 2 unspecified atom stereocenters. The van der Waals surface area contributed by atoms with Gasteiger partial charge in [0.1, 0.15) is 0 Å². The predicted octanol–water partition coefficient (Wildman–Crippen LogP) is 0.0875. The molecule has 2 atom stereocenters. The van der Waals surface area contributed by atoms with E-state index in [9.17, 15) is 0 Å². The molecule has 0 radical (unpaired) electrons. The van der Waals surface area contributed by atoms with Gasteiger partial charge in [0.25, 0.3) is 0 Å². The Kier molecular flexibility index (Phi) is 2.65. The highest BCUT2D eigenvalue weighted by atomic mass is 16.5. The molecule has 10 heavy (non-hydrogen) atoms. The van der Waals surface area contributed by atoms with Gasteiger partial charge in [-0.1, -0.05) is 6.92 Å². The fraction of sp³-hybridized carbons (Fsp3) is 1.00. The van der Waals surface area contributed by atoms with Crippen LogP contribution in [0.5, 0.6) is 0 Å². The van der Waals surface area contributed by atoms with Crippen LogP contribution >= 0.6 is 0 Å². The number of methoxy groups -OCH3 is 1. The Balaban J connectivity index is 2.38. The van der Waals surface area contributed by atoms with E-state index in [0.717, 1.165) is 13.2 Å². The largest absolute Gasteiger partial charge is 0.383 e. The normalized spacial score (nSPS) is 35.1. The summed E-state index contributed by atoms with van der Waals surface area (Å²) >= 11 is 0. The molecule has 0 aliphatic carbocycles. The first-order valence-corrected chi connectivity index (χ1v) is 3.71. The number of hydrogen-bond donors (Lipinski definition) is 1. The summed E-state index contributed by atoms with van der Waals surface area (Å²) in [6.45, 7) is 4.13. The van der Waals surface area contributed by atoms with Crippen molar-refractivity contribution in [2.75, 3.05) is 27.3 Å². The molecule has 60 valence electrons. The Hall–Kier alpha value is -0.120. The van der Waals surface area contributed by atoms with Crippen molar-refractivity contribution in [2.45, 2.75) is 13.0 Å². The predicted molar refractivity (Wildman–Crippen MR) is 40.6 cm³/mol. The molecule has 1 fully saturated rings. The van der Waals surface area contributed by atoms with Crippen molar-refractivity contribution in [1.82, 2.24) is 10.4 Å². The minimum Gasteiger partial charge on any atom is -0.383 e. The molecule has 3 nitrogen and oxygen atoms in total. The summed E-state index contributed by atoms with van der Waals surface area (Å²) in [4.78, 5) is 0. The third kappa shape index (κ3) is 1.48. The lowest BCUT2D eigenvalue weighted by molar-refractivity contribution is 0.0981. The molecule has 0 aromatic rings. The zero-order chi connectivity index (χ0) is 7.56. The average molecular weight is 144 g/mol. The number of nitrogens with zero attached hydrogens (tertiary/aromatic N) is 1. The zero-order valence-corrected chi connectivity index (χ0v) is 6.92. The van der Waals surface area contributed by atoms with Gasteiger partial charge in [-0.05, 0) is 5.92 Å². The van der Waals surface area contributed by atoms with Crippen LogP contribution in [-0.4, -0.2) is 38.4 Å². The molecular formula is C7H16N2O. The Morgan fingerprint density at radius 2 is 2.40 bits per heavy atom. The fourth-order valence-electron chi connectivity index (χ4n) is 1.37. The maximum atomic E-state index is 5.08. The number of hydrogen-bond acceptors (Lipinski definition) is 3. The molecule has 0 aromatic heterocycles. The SMILES string of the molecule is COCC1C(C)CNN1C. The quantitative estimate of drug-likeness (QED) is 0.594. The highest BCUT2D eigenvalue weighted by Crippen LogP contribution is 2.13. The highest BCUT2D eigenvalue weighted by molar-refractivity contribution is 4.79. The van der Waals surface area contributed by atoms with Crippen molar-refractivity contribution in [2.24, 2.45) is 5.92 Å². The van der Waals surface area contributed by atoms with Crippen LogP contribution in [0.25, 0.3) is 0 Å². The summed E-state index contributed by atoms with van der Waals surface area (Å²) < 4.78 is 5.08. The molecule has 1 aliphatic heterocycles. The Labute approximate surface area is 62.3 Å². The van der Waals surface area contributed by atoms with Crippen molar-refractivity contribution in [3.63, 3.8) is 0 Å². The van der Waals surface area contributed by atoms with Gasteiger partial charge in [0.2, 0.25) is 0 Å². The van der Waals surface area contributed by atoms with Crippen LogP contribution in [0, 0.1) is 5.92 Å². The zero-order valence-electron chi connectivity index (χ0n) is 6.92. The Morgan fingerprint density at radius 1 is 1.70 bits per heavy atom. The number of likely N-dealkylation sites (N-methyl/N-ethyl adjacent to an activating group) is 1. The van der Waals surface area contributed by atoms with E-state index >= 15 is 0 Å². The van der Waals surface area contributed by atoms with Gasteiger partial charge in [0.15, 0.2) is 0 Å². The summed E-state index contributed by atoms with van der Waals surface area (Å²) in [6.07, 6.45) is 0. The van der Waals surface area contributed by atoms with Crippen molar-refractivity contribution in [1.29, 1.82) is 0 Å². The lowest BCUT2D eigenvalue weighted by Gasteiger charge is -2.20. The summed E-state index contributed by atoms with van der Waals surface area (Å²) in [7, 11) is 3.81. The van der Waals surface area contributed by atoms with E-state index in [4.69, 9.17) is 4.74 Å². The summed E-state index contributed by atoms with van der Waals surface area (Å²) in [6, 6.07) is 0.546. The van der Waals surface area contributed by atoms with Crippen molar-refractivity contribution in [3.05, 3.63) is 0 Å². The number of hydrazine groups is 1. The molecule has 1 heterocycles. The van der Waals surface area contributed by atoms with Gasteiger partial charge >= 0.3 is 0 Å². The van der Waals surface area contributed by atoms with E-state index in [-0.39, 0.29) is 0 Å². The molecule has 1 aliphatic rings. The minimum absolute atomic E-state index is 0.546. The van der Waals surface area contributed by atoms with Crippen LogP contribution in [0.15, 0.2) is 0 Å². The summed E-state index contributed by atoms with van der Waals surface area (Å²) in [5.41, 5.74) is 3.26. The van der Waals surface area contributed by atoms with Gasteiger partial charge < -0.3 is 4.74 Å². The van der Waals surface area contributed by atoms with E-state index in [1.165, 1.54) is 0 Å². The molecule has 1 N–H and O–H groups in total. The summed E-state index contributed by atoms with van der Waals surface area (Å²) in [5, 5.41) is 2.13. The standard InChI is InChI=1S/C7H16N2O/c1-6-4-8-9(2)7(6)5-10-3/h6-8H,4-5H2,1-3H3. The van der Waals surface area contributed by atoms with Crippen molar-refractivity contribution < 1.29 is 4.74 Å². The van der Waals surface area contributed by atoms with Crippen LogP contribution in [0.3, 0.4) is 0 Å². The smallest absolute Gasteiger partial charge is 0.0635 e. The van der Waals surface area contributed by atoms with Crippen LogP contribution in [0.4, 0.5) is 0 Å². The summed E-state index contributed by atoms with van der Waals surface area (Å²) in [5.74, 6) is 0.699. The molecule has 0 saturated carbocycles. The first-order valence-electron chi connectivity index (χ1n) is 3.71. The van der Waals surface area contributed by atoms with Crippen LogP contribution in [0.2, 0.25) is 0 Å². The average Bonchev–Trinajstić information content (AvgIpc) is 2.20. The topological polar surface area (TPSA) is 24.5 Å². The van der Waals surface area contributed by atoms with Gasteiger partial charge in [-0.25, -0.2) is 5.01 Å². The molecule has 0 bridgehead atoms. The van der Waals surface area contributed by atoms with Gasteiger partial charge in [0.05, 0.1) is 12.6 Å². The molecule has 1 saturated heterocycles. The first kappa shape index (κ1) is 7.98. The molecule has 0 spiro atoms.